The van der Waals surface area contributed by atoms with E-state index >= 15 is 0 Å². The molecule has 30 heteroatoms. The van der Waals surface area contributed by atoms with E-state index in [-0.39, 0.29) is 82.8 Å². The molecule has 0 aromatic rings. The lowest BCUT2D eigenvalue weighted by Gasteiger charge is -2.28. The number of hydrogen-bond donors (Lipinski definition) is 15. The SMILES string of the molecule is C[C@H](NC(=O)[C@@H](NC(=O)[C@@H](N)CCCCN)[C@@H](O)CN)C(=O)NCC(=O)N=C(CCCN)C(=O)N1CCC[C@H]1C(=O)N[C@@H](CCS(C)(=O)=O)C(=O)N[C@@H](CCCCN)C(=O)N/C(=C\CCN=C(N)N)C(=O)O. The standard InChI is InChI=1S/C42H76N16O13S/c1-24(52-39(66)33(31(59)22-46)57-35(62)25(47)10-3-5-16-43)34(61)51-23-32(60)53-28(12-7-18-45)40(67)58-20-9-14-30(58)38(65)55-27(15-21-72(2,70)71)37(64)54-26(11-4-6-17-44)36(63)56-29(41(68)69)13-8-19-50-42(48)49/h13,24-27,30-31,33,59H,3-12,14-23,43-47H2,1-2H3,(H,51,61)(H,52,66)(H,54,64)(H,55,65)(H,56,63)(H,57,62)(H,68,69)(H4,48,49,50)/b29-13-,53-28?/t24-,25-,26-,27-,30-,31-,33-/m0/s1. The zero-order chi connectivity index (χ0) is 54.6. The molecule has 1 fully saturated rings. The molecule has 0 aliphatic carbocycles. The molecular weight excluding hydrogens is 969 g/mol. The maximum absolute atomic E-state index is 14.0. The van der Waals surface area contributed by atoms with Gasteiger partial charge in [-0.3, -0.25) is 43.3 Å². The van der Waals surface area contributed by atoms with Crippen molar-refractivity contribution < 1.29 is 61.8 Å². The van der Waals surface area contributed by atoms with Crippen LogP contribution in [-0.4, -0.2) is 189 Å². The summed E-state index contributed by atoms with van der Waals surface area (Å²) in [7, 11) is -3.73. The largest absolute Gasteiger partial charge is 0.477 e. The second kappa shape index (κ2) is 33.5. The normalized spacial score (nSPS) is 16.4. The summed E-state index contributed by atoms with van der Waals surface area (Å²) in [6.07, 6.45) is 2.50. The van der Waals surface area contributed by atoms with Crippen LogP contribution in [0.3, 0.4) is 0 Å². The van der Waals surface area contributed by atoms with Crippen LogP contribution in [0.15, 0.2) is 21.8 Å². The Morgan fingerprint density at radius 3 is 2.00 bits per heavy atom. The fourth-order valence-corrected chi connectivity index (χ4v) is 7.56. The van der Waals surface area contributed by atoms with E-state index in [2.05, 4.69) is 41.9 Å². The van der Waals surface area contributed by atoms with E-state index in [0.29, 0.717) is 32.2 Å². The van der Waals surface area contributed by atoms with Crippen molar-refractivity contribution >= 4 is 74.7 Å². The third kappa shape index (κ3) is 24.3. The summed E-state index contributed by atoms with van der Waals surface area (Å²) in [5, 5.41) is 34.3. The lowest BCUT2D eigenvalue weighted by Crippen LogP contribution is -2.60. The number of likely N-dealkylation sites (tertiary alicyclic amines) is 1. The number of aliphatic imine (C=N–C) groups is 2. The van der Waals surface area contributed by atoms with Gasteiger partial charge in [-0.05, 0) is 97.2 Å². The zero-order valence-electron chi connectivity index (χ0n) is 40.9. The molecule has 72 heavy (non-hydrogen) atoms. The summed E-state index contributed by atoms with van der Waals surface area (Å²) >= 11 is 0. The highest BCUT2D eigenvalue weighted by Crippen LogP contribution is 2.20. The van der Waals surface area contributed by atoms with Gasteiger partial charge in [0.15, 0.2) is 5.96 Å². The monoisotopic (exact) mass is 1040 g/mol. The number of unbranched alkanes of at least 4 members (excludes halogenated alkanes) is 2. The number of nitrogens with zero attached hydrogens (tertiary/aromatic N) is 3. The Bertz CT molecular complexity index is 2070. The van der Waals surface area contributed by atoms with Gasteiger partial charge < -0.3 is 87.1 Å². The molecule has 8 amide bonds. The van der Waals surface area contributed by atoms with E-state index in [4.69, 9.17) is 40.1 Å². The second-order valence-electron chi connectivity index (χ2n) is 17.0. The van der Waals surface area contributed by atoms with Gasteiger partial charge in [0.05, 0.1) is 24.4 Å². The molecule has 0 spiro atoms. The van der Waals surface area contributed by atoms with Crippen LogP contribution in [0.25, 0.3) is 0 Å². The molecule has 0 bridgehead atoms. The summed E-state index contributed by atoms with van der Waals surface area (Å²) in [6, 6.07) is -8.17. The fraction of sp³-hybridized carbons (Fsp3) is 0.690. The van der Waals surface area contributed by atoms with Gasteiger partial charge in [0.2, 0.25) is 35.4 Å². The van der Waals surface area contributed by atoms with Crippen LogP contribution in [0.5, 0.6) is 0 Å². The second-order valence-corrected chi connectivity index (χ2v) is 19.2. The number of carbonyl (C=O) groups excluding carboxylic acids is 8. The first-order chi connectivity index (χ1) is 33.9. The molecule has 7 atom stereocenters. The van der Waals surface area contributed by atoms with Gasteiger partial charge in [-0.1, -0.05) is 12.5 Å². The van der Waals surface area contributed by atoms with Crippen molar-refractivity contribution in [2.45, 2.75) is 126 Å². The summed E-state index contributed by atoms with van der Waals surface area (Å²) in [4.78, 5) is 128. The number of guanidine groups is 1. The average molecular weight is 1050 g/mol. The molecule has 29 nitrogen and oxygen atoms in total. The Morgan fingerprint density at radius 2 is 1.42 bits per heavy atom. The smallest absolute Gasteiger partial charge is 0.352 e. The van der Waals surface area contributed by atoms with Gasteiger partial charge in [0, 0.05) is 25.9 Å². The minimum Gasteiger partial charge on any atom is -0.477 e. The van der Waals surface area contributed by atoms with Crippen molar-refractivity contribution in [1.29, 1.82) is 0 Å². The molecule has 1 aliphatic rings. The van der Waals surface area contributed by atoms with Crippen molar-refractivity contribution in [1.82, 2.24) is 36.8 Å². The molecule has 1 aliphatic heterocycles. The maximum Gasteiger partial charge on any atom is 0.352 e. The van der Waals surface area contributed by atoms with Crippen molar-refractivity contribution in [3.8, 4) is 0 Å². The number of sulfone groups is 1. The highest BCUT2D eigenvalue weighted by atomic mass is 32.2. The zero-order valence-corrected chi connectivity index (χ0v) is 41.8. The Kier molecular flexibility index (Phi) is 29.7. The van der Waals surface area contributed by atoms with Gasteiger partial charge >= 0.3 is 5.97 Å². The van der Waals surface area contributed by atoms with E-state index in [1.165, 1.54) is 6.92 Å². The lowest BCUT2D eigenvalue weighted by atomic mass is 10.1. The quantitative estimate of drug-likeness (QED) is 0.0123. The number of amides is 8. The van der Waals surface area contributed by atoms with Crippen molar-refractivity contribution in [3.63, 3.8) is 0 Å². The van der Waals surface area contributed by atoms with Gasteiger partial charge in [-0.2, -0.15) is 0 Å². The molecule has 408 valence electrons. The van der Waals surface area contributed by atoms with E-state index in [1.807, 2.05) is 0 Å². The molecule has 0 aromatic heterocycles. The van der Waals surface area contributed by atoms with Crippen LogP contribution in [-0.2, 0) is 53.0 Å². The molecule has 0 aromatic carbocycles. The van der Waals surface area contributed by atoms with Crippen LogP contribution in [0, 0.1) is 0 Å². The fourth-order valence-electron chi connectivity index (χ4n) is 6.89. The third-order valence-corrected chi connectivity index (χ3v) is 11.8. The molecule has 1 saturated heterocycles. The maximum atomic E-state index is 14.0. The van der Waals surface area contributed by atoms with Crippen molar-refractivity contribution in [2.24, 2.45) is 50.1 Å². The van der Waals surface area contributed by atoms with Crippen LogP contribution < -0.4 is 72.0 Å². The van der Waals surface area contributed by atoms with Crippen LogP contribution in [0.4, 0.5) is 0 Å². The Hall–Kier alpha value is -6.18. The summed E-state index contributed by atoms with van der Waals surface area (Å²) < 4.78 is 24.5. The van der Waals surface area contributed by atoms with E-state index in [0.717, 1.165) is 17.2 Å². The molecule has 1 heterocycles. The molecule has 22 N–H and O–H groups in total. The first-order valence-electron chi connectivity index (χ1n) is 23.5. The summed E-state index contributed by atoms with van der Waals surface area (Å²) in [5.41, 5.74) is 38.0. The first kappa shape index (κ1) is 63.8. The van der Waals surface area contributed by atoms with Crippen molar-refractivity contribution in [3.05, 3.63) is 11.8 Å². The van der Waals surface area contributed by atoms with Gasteiger partial charge in [-0.15, -0.1) is 0 Å². The van der Waals surface area contributed by atoms with E-state index in [1.54, 1.807) is 0 Å². The Morgan fingerprint density at radius 1 is 0.792 bits per heavy atom. The molecule has 1 rings (SSSR count). The average Bonchev–Trinajstić information content (AvgIpc) is 3.82. The Labute approximate surface area is 418 Å². The molecule has 0 radical (unpaired) electrons. The van der Waals surface area contributed by atoms with Gasteiger partial charge in [0.1, 0.15) is 51.5 Å². The number of hydrogen-bond acceptors (Lipinski definition) is 18. The van der Waals surface area contributed by atoms with Crippen LogP contribution >= 0.6 is 0 Å². The number of carboxylic acids is 1. The minimum absolute atomic E-state index is 0.00377. The van der Waals surface area contributed by atoms with Gasteiger partial charge in [0.25, 0.3) is 11.8 Å². The predicted octanol–water partition coefficient (Wildman–Crippen LogP) is -7.15. The minimum atomic E-state index is -3.73. The molecular formula is C42H76N16O13S. The predicted molar refractivity (Wildman–Crippen MR) is 264 cm³/mol. The van der Waals surface area contributed by atoms with Crippen LogP contribution in [0.1, 0.15) is 84.0 Å². The van der Waals surface area contributed by atoms with E-state index in [9.17, 15) is 61.8 Å². The number of aliphatic hydroxyl groups is 1. The highest BCUT2D eigenvalue weighted by molar-refractivity contribution is 7.90. The number of nitrogens with one attached hydrogen (secondary N) is 6. The number of carboxylic acid groups (broad SMARTS) is 1. The molecule has 0 unspecified atom stereocenters. The third-order valence-electron chi connectivity index (χ3n) is 10.9. The van der Waals surface area contributed by atoms with Gasteiger partial charge in [-0.25, -0.2) is 18.2 Å². The summed E-state index contributed by atoms with van der Waals surface area (Å²) in [6.45, 7) is 0.733. The number of carbonyl (C=O) groups is 9. The number of aliphatic hydroxyl groups excluding tert-OH is 1. The topological polar surface area (TPSA) is 511 Å². The number of nitrogens with two attached hydrogens (primary N) is 7. The lowest BCUT2D eigenvalue weighted by molar-refractivity contribution is -0.137. The van der Waals surface area contributed by atoms with E-state index < -0.39 is 136 Å². The summed E-state index contributed by atoms with van der Waals surface area (Å²) in [5.74, 6) is -9.62. The molecule has 0 saturated carbocycles. The highest BCUT2D eigenvalue weighted by Gasteiger charge is 2.38. The van der Waals surface area contributed by atoms with Crippen molar-refractivity contribution in [2.75, 3.05) is 57.8 Å². The number of aliphatic carboxylic acids is 1. The van der Waals surface area contributed by atoms with Crippen LogP contribution in [0.2, 0.25) is 0 Å². The first-order valence-corrected chi connectivity index (χ1v) is 25.6. The number of rotatable bonds is 34. The Balaban J connectivity index is 3.26.